The third-order valence-electron chi connectivity index (χ3n) is 3.15. The first-order valence-electron chi connectivity index (χ1n) is 5.98. The van der Waals surface area contributed by atoms with Gasteiger partial charge in [-0.3, -0.25) is 0 Å². The Balaban J connectivity index is 2.53. The van der Waals surface area contributed by atoms with E-state index in [-0.39, 0.29) is 0 Å². The van der Waals surface area contributed by atoms with Crippen molar-refractivity contribution >= 4 is 26.8 Å². The first kappa shape index (κ1) is 12.7. The topological polar surface area (TPSA) is 17.0 Å². The van der Waals surface area contributed by atoms with Gasteiger partial charge in [-0.25, -0.2) is 0 Å². The molecule has 1 N–H and O–H groups in total. The van der Waals surface area contributed by atoms with Gasteiger partial charge >= 0.3 is 0 Å². The van der Waals surface area contributed by atoms with Crippen molar-refractivity contribution in [3.63, 3.8) is 0 Å². The second kappa shape index (κ2) is 4.83. The number of aromatic nitrogens is 1. The first-order valence-corrected chi connectivity index (χ1v) is 6.77. The fourth-order valence-corrected chi connectivity index (χ4v) is 2.94. The van der Waals surface area contributed by atoms with Crippen molar-refractivity contribution in [3.05, 3.63) is 33.9 Å². The van der Waals surface area contributed by atoms with E-state index in [0.29, 0.717) is 6.04 Å². The van der Waals surface area contributed by atoms with Crippen LogP contribution in [0.15, 0.2) is 22.7 Å². The van der Waals surface area contributed by atoms with E-state index < -0.39 is 0 Å². The summed E-state index contributed by atoms with van der Waals surface area (Å²) in [5.74, 6) is 0. The summed E-state index contributed by atoms with van der Waals surface area (Å²) in [6.45, 7) is 7.39. The number of halogens is 1. The zero-order chi connectivity index (χ0) is 12.6. The van der Waals surface area contributed by atoms with Crippen LogP contribution in [0.2, 0.25) is 0 Å². The molecule has 0 saturated heterocycles. The van der Waals surface area contributed by atoms with Gasteiger partial charge in [0.05, 0.1) is 5.52 Å². The van der Waals surface area contributed by atoms with Gasteiger partial charge in [-0.2, -0.15) is 0 Å². The number of fused-ring (bicyclic) bond motifs is 1. The number of rotatable bonds is 3. The van der Waals surface area contributed by atoms with Crippen molar-refractivity contribution in [1.29, 1.82) is 0 Å². The van der Waals surface area contributed by atoms with Crippen LogP contribution in [0.1, 0.15) is 25.1 Å². The Morgan fingerprint density at radius 3 is 2.65 bits per heavy atom. The minimum Gasteiger partial charge on any atom is -0.345 e. The summed E-state index contributed by atoms with van der Waals surface area (Å²) in [7, 11) is 2.14. The van der Waals surface area contributed by atoms with Crippen LogP contribution >= 0.6 is 15.9 Å². The molecule has 2 nitrogen and oxygen atoms in total. The monoisotopic (exact) mass is 294 g/mol. The highest BCUT2D eigenvalue weighted by atomic mass is 79.9. The van der Waals surface area contributed by atoms with E-state index in [1.807, 2.05) is 0 Å². The highest BCUT2D eigenvalue weighted by Gasteiger charge is 2.13. The third-order valence-corrected chi connectivity index (χ3v) is 4.03. The number of hydrogen-bond acceptors (Lipinski definition) is 1. The number of para-hydroxylation sites is 1. The minimum atomic E-state index is 0.501. The van der Waals surface area contributed by atoms with Crippen molar-refractivity contribution in [2.24, 2.45) is 7.05 Å². The normalized spacial score (nSPS) is 11.6. The Kier molecular flexibility index (Phi) is 3.59. The summed E-state index contributed by atoms with van der Waals surface area (Å²) in [6.07, 6.45) is 0. The fourth-order valence-electron chi connectivity index (χ4n) is 2.22. The summed E-state index contributed by atoms with van der Waals surface area (Å²) in [4.78, 5) is 0. The van der Waals surface area contributed by atoms with Gasteiger partial charge in [0, 0.05) is 35.2 Å². The lowest BCUT2D eigenvalue weighted by Crippen LogP contribution is -2.23. The van der Waals surface area contributed by atoms with Crippen LogP contribution in [0.3, 0.4) is 0 Å². The van der Waals surface area contributed by atoms with Crippen molar-refractivity contribution < 1.29 is 0 Å². The van der Waals surface area contributed by atoms with Crippen LogP contribution in [0, 0.1) is 6.92 Å². The first-order chi connectivity index (χ1) is 8.02. The average Bonchev–Trinajstić information content (AvgIpc) is 2.50. The van der Waals surface area contributed by atoms with Crippen LogP contribution in [-0.4, -0.2) is 10.6 Å². The van der Waals surface area contributed by atoms with Gasteiger partial charge in [-0.15, -0.1) is 0 Å². The molecule has 0 atom stereocenters. The van der Waals surface area contributed by atoms with Crippen LogP contribution in [0.5, 0.6) is 0 Å². The molecular formula is C14H19BrN2. The lowest BCUT2D eigenvalue weighted by Gasteiger charge is -2.10. The highest BCUT2D eigenvalue weighted by molar-refractivity contribution is 9.10. The Hall–Kier alpha value is -0.800. The highest BCUT2D eigenvalue weighted by Crippen LogP contribution is 2.32. The second-order valence-electron chi connectivity index (χ2n) is 4.83. The molecule has 1 heterocycles. The van der Waals surface area contributed by atoms with Crippen LogP contribution in [0.4, 0.5) is 0 Å². The molecule has 3 heteroatoms. The number of nitrogens with one attached hydrogen (secondary N) is 1. The molecule has 0 spiro atoms. The summed E-state index contributed by atoms with van der Waals surface area (Å²) in [5.41, 5.74) is 3.95. The Labute approximate surface area is 111 Å². The average molecular weight is 295 g/mol. The standard InChI is InChI=1S/C14H19BrN2/c1-9(2)16-8-12-13(15)11-7-5-6-10(3)14(11)17(12)4/h5-7,9,16H,8H2,1-4H3. The SMILES string of the molecule is Cc1cccc2c(Br)c(CNC(C)C)n(C)c12. The van der Waals surface area contributed by atoms with E-state index in [0.717, 1.165) is 6.54 Å². The van der Waals surface area contributed by atoms with Gasteiger partial charge in [-0.05, 0) is 28.4 Å². The maximum absolute atomic E-state index is 3.73. The molecule has 0 saturated carbocycles. The molecule has 0 unspecified atom stereocenters. The number of aryl methyl sites for hydroxylation is 2. The largest absolute Gasteiger partial charge is 0.345 e. The molecule has 0 aliphatic rings. The third kappa shape index (κ3) is 2.26. The molecule has 0 aliphatic heterocycles. The van der Waals surface area contributed by atoms with E-state index in [4.69, 9.17) is 0 Å². The van der Waals surface area contributed by atoms with Gasteiger partial charge < -0.3 is 9.88 Å². The summed E-state index contributed by atoms with van der Waals surface area (Å²) in [5, 5.41) is 4.77. The summed E-state index contributed by atoms with van der Waals surface area (Å²) < 4.78 is 3.50. The molecule has 2 aromatic rings. The molecule has 17 heavy (non-hydrogen) atoms. The molecule has 0 radical (unpaired) electrons. The maximum Gasteiger partial charge on any atom is 0.0521 e. The van der Waals surface area contributed by atoms with Gasteiger partial charge in [0.2, 0.25) is 0 Å². The number of benzene rings is 1. The molecule has 0 bridgehead atoms. The Morgan fingerprint density at radius 2 is 2.06 bits per heavy atom. The number of nitrogens with zero attached hydrogens (tertiary/aromatic N) is 1. The Morgan fingerprint density at radius 1 is 1.35 bits per heavy atom. The van der Waals surface area contributed by atoms with Gasteiger partial charge in [-0.1, -0.05) is 32.0 Å². The van der Waals surface area contributed by atoms with Crippen LogP contribution in [-0.2, 0) is 13.6 Å². The fraction of sp³-hybridized carbons (Fsp3) is 0.429. The van der Waals surface area contributed by atoms with E-state index in [1.54, 1.807) is 0 Å². The van der Waals surface area contributed by atoms with Crippen molar-refractivity contribution in [2.75, 3.05) is 0 Å². The van der Waals surface area contributed by atoms with Gasteiger partial charge in [0.25, 0.3) is 0 Å². The van der Waals surface area contributed by atoms with E-state index >= 15 is 0 Å². The van der Waals surface area contributed by atoms with Crippen molar-refractivity contribution in [2.45, 2.75) is 33.4 Å². The number of hydrogen-bond donors (Lipinski definition) is 1. The van der Waals surface area contributed by atoms with Crippen molar-refractivity contribution in [3.8, 4) is 0 Å². The smallest absolute Gasteiger partial charge is 0.0521 e. The maximum atomic E-state index is 3.73. The predicted octanol–water partition coefficient (Wildman–Crippen LogP) is 3.75. The molecular weight excluding hydrogens is 276 g/mol. The molecule has 92 valence electrons. The van der Waals surface area contributed by atoms with E-state index in [1.165, 1.54) is 26.6 Å². The molecule has 1 aromatic carbocycles. The molecule has 2 rings (SSSR count). The molecule has 0 aliphatic carbocycles. The van der Waals surface area contributed by atoms with Crippen LogP contribution < -0.4 is 5.32 Å². The van der Waals surface area contributed by atoms with E-state index in [2.05, 4.69) is 71.8 Å². The zero-order valence-electron chi connectivity index (χ0n) is 10.8. The van der Waals surface area contributed by atoms with Gasteiger partial charge in [0.1, 0.15) is 0 Å². The molecule has 0 amide bonds. The van der Waals surface area contributed by atoms with Gasteiger partial charge in [0.15, 0.2) is 0 Å². The molecule has 0 fully saturated rings. The van der Waals surface area contributed by atoms with Crippen LogP contribution in [0.25, 0.3) is 10.9 Å². The lowest BCUT2D eigenvalue weighted by molar-refractivity contribution is 0.571. The van der Waals surface area contributed by atoms with Crippen molar-refractivity contribution in [1.82, 2.24) is 9.88 Å². The summed E-state index contributed by atoms with van der Waals surface area (Å²) in [6, 6.07) is 6.95. The predicted molar refractivity (Wildman–Crippen MR) is 77.3 cm³/mol. The quantitative estimate of drug-likeness (QED) is 0.912. The van der Waals surface area contributed by atoms with E-state index in [9.17, 15) is 0 Å². The lowest BCUT2D eigenvalue weighted by atomic mass is 10.2. The zero-order valence-corrected chi connectivity index (χ0v) is 12.4. The summed E-state index contributed by atoms with van der Waals surface area (Å²) >= 11 is 3.73. The molecule has 1 aromatic heterocycles. The minimum absolute atomic E-state index is 0.501. The Bertz CT molecular complexity index is 541. The second-order valence-corrected chi connectivity index (χ2v) is 5.62.